The lowest BCUT2D eigenvalue weighted by molar-refractivity contribution is 0.0971. The topological polar surface area (TPSA) is 68.3 Å². The molecular weight excluding hydrogens is 252 g/mol. The zero-order valence-electron chi connectivity index (χ0n) is 12.4. The molecule has 0 amide bonds. The Labute approximate surface area is 121 Å². The fraction of sp³-hybridized carbons (Fsp3) is 0.562. The van der Waals surface area contributed by atoms with Crippen molar-refractivity contribution in [3.63, 3.8) is 0 Å². The number of ether oxygens (including phenoxy) is 2. The van der Waals surface area contributed by atoms with E-state index >= 15 is 0 Å². The van der Waals surface area contributed by atoms with E-state index < -0.39 is 0 Å². The molecule has 4 nitrogen and oxygen atoms in total. The van der Waals surface area contributed by atoms with Gasteiger partial charge in [0.15, 0.2) is 0 Å². The maximum atomic E-state index is 7.30. The normalized spacial score (nSPS) is 10.4. The van der Waals surface area contributed by atoms with Crippen molar-refractivity contribution < 1.29 is 9.47 Å². The largest absolute Gasteiger partial charge is 0.491 e. The smallest absolute Gasteiger partial charge is 0.122 e. The summed E-state index contributed by atoms with van der Waals surface area (Å²) in [6.45, 7) is 4.20. The maximum Gasteiger partial charge on any atom is 0.122 e. The predicted octanol–water partition coefficient (Wildman–Crippen LogP) is 3.34. The van der Waals surface area contributed by atoms with Crippen LogP contribution in [-0.2, 0) is 4.74 Å². The number of nitrogen functional groups attached to an aromatic ring is 1. The second-order valence-corrected chi connectivity index (χ2v) is 4.81. The van der Waals surface area contributed by atoms with Gasteiger partial charge in [-0.25, -0.2) is 0 Å². The summed E-state index contributed by atoms with van der Waals surface area (Å²) in [5, 5.41) is 7.30. The number of nitrogens with one attached hydrogen (secondary N) is 1. The highest BCUT2D eigenvalue weighted by molar-refractivity contribution is 5.94. The maximum absolute atomic E-state index is 7.30. The second-order valence-electron chi connectivity index (χ2n) is 4.81. The van der Waals surface area contributed by atoms with Gasteiger partial charge in [0.05, 0.1) is 6.61 Å². The Hall–Kier alpha value is -1.55. The molecule has 1 aromatic rings. The van der Waals surface area contributed by atoms with E-state index in [4.69, 9.17) is 20.6 Å². The minimum absolute atomic E-state index is 0.0722. The Morgan fingerprint density at radius 3 is 2.35 bits per heavy atom. The first-order chi connectivity index (χ1) is 9.74. The highest BCUT2D eigenvalue weighted by Gasteiger charge is 1.98. The van der Waals surface area contributed by atoms with Gasteiger partial charge in [0.25, 0.3) is 0 Å². The average molecular weight is 278 g/mol. The zero-order valence-corrected chi connectivity index (χ0v) is 12.4. The first kappa shape index (κ1) is 16.5. The fourth-order valence-electron chi connectivity index (χ4n) is 1.86. The van der Waals surface area contributed by atoms with E-state index in [1.807, 2.05) is 12.1 Å². The third-order valence-electron chi connectivity index (χ3n) is 3.05. The van der Waals surface area contributed by atoms with Crippen LogP contribution in [0.2, 0.25) is 0 Å². The van der Waals surface area contributed by atoms with E-state index in [0.29, 0.717) is 18.8 Å². The van der Waals surface area contributed by atoms with Crippen LogP contribution in [0.5, 0.6) is 5.75 Å². The van der Waals surface area contributed by atoms with Crippen LogP contribution in [0.15, 0.2) is 24.3 Å². The van der Waals surface area contributed by atoms with Crippen LogP contribution >= 0.6 is 0 Å². The summed E-state index contributed by atoms with van der Waals surface area (Å²) in [4.78, 5) is 0. The van der Waals surface area contributed by atoms with Crippen molar-refractivity contribution >= 4 is 5.84 Å². The molecule has 0 aliphatic heterocycles. The Bertz CT molecular complexity index is 377. The number of unbranched alkanes of at least 4 members (excludes halogenated alkanes) is 4. The van der Waals surface area contributed by atoms with Crippen LogP contribution in [0.25, 0.3) is 0 Å². The fourth-order valence-corrected chi connectivity index (χ4v) is 1.86. The third-order valence-corrected chi connectivity index (χ3v) is 3.05. The van der Waals surface area contributed by atoms with Crippen molar-refractivity contribution in [3.05, 3.63) is 29.8 Å². The quantitative estimate of drug-likeness (QED) is 0.370. The number of benzene rings is 1. The Kier molecular flexibility index (Phi) is 8.47. The molecule has 0 radical (unpaired) electrons. The van der Waals surface area contributed by atoms with E-state index in [1.54, 1.807) is 12.1 Å². The van der Waals surface area contributed by atoms with E-state index in [9.17, 15) is 0 Å². The van der Waals surface area contributed by atoms with Crippen LogP contribution < -0.4 is 10.5 Å². The zero-order chi connectivity index (χ0) is 14.6. The molecule has 4 heteroatoms. The van der Waals surface area contributed by atoms with E-state index in [0.717, 1.165) is 18.8 Å². The molecule has 0 spiro atoms. The van der Waals surface area contributed by atoms with Crippen LogP contribution in [0.3, 0.4) is 0 Å². The number of hydrogen-bond donors (Lipinski definition) is 2. The average Bonchev–Trinajstić information content (AvgIpc) is 2.46. The number of hydrogen-bond acceptors (Lipinski definition) is 3. The molecular formula is C16H26N2O2. The van der Waals surface area contributed by atoms with Crippen molar-refractivity contribution in [2.24, 2.45) is 5.73 Å². The molecule has 0 saturated carbocycles. The van der Waals surface area contributed by atoms with Crippen molar-refractivity contribution in [1.29, 1.82) is 5.41 Å². The molecule has 112 valence electrons. The van der Waals surface area contributed by atoms with Crippen LogP contribution in [0, 0.1) is 5.41 Å². The molecule has 0 unspecified atom stereocenters. The lowest BCUT2D eigenvalue weighted by atomic mass is 10.2. The van der Waals surface area contributed by atoms with Gasteiger partial charge in [-0.3, -0.25) is 5.41 Å². The van der Waals surface area contributed by atoms with Gasteiger partial charge in [-0.2, -0.15) is 0 Å². The molecule has 3 N–H and O–H groups in total. The van der Waals surface area contributed by atoms with Crippen LogP contribution in [0.1, 0.15) is 44.6 Å². The SMILES string of the molecule is CCCCCCCOCCOc1ccc(C(=N)N)cc1. The Morgan fingerprint density at radius 2 is 1.70 bits per heavy atom. The highest BCUT2D eigenvalue weighted by atomic mass is 16.5. The molecule has 0 saturated heterocycles. The third kappa shape index (κ3) is 7.14. The van der Waals surface area contributed by atoms with Crippen molar-refractivity contribution in [1.82, 2.24) is 0 Å². The molecule has 0 aliphatic carbocycles. The molecule has 0 bridgehead atoms. The van der Waals surface area contributed by atoms with E-state index in [2.05, 4.69) is 6.92 Å². The number of amidine groups is 1. The van der Waals surface area contributed by atoms with E-state index in [1.165, 1.54) is 25.7 Å². The molecule has 0 heterocycles. The first-order valence-electron chi connectivity index (χ1n) is 7.39. The highest BCUT2D eigenvalue weighted by Crippen LogP contribution is 2.11. The predicted molar refractivity (Wildman–Crippen MR) is 82.5 cm³/mol. The summed E-state index contributed by atoms with van der Waals surface area (Å²) in [6.07, 6.45) is 6.28. The summed E-state index contributed by atoms with van der Waals surface area (Å²) < 4.78 is 11.1. The first-order valence-corrected chi connectivity index (χ1v) is 7.39. The summed E-state index contributed by atoms with van der Waals surface area (Å²) in [7, 11) is 0. The molecule has 20 heavy (non-hydrogen) atoms. The summed E-state index contributed by atoms with van der Waals surface area (Å²) in [5.41, 5.74) is 6.09. The minimum Gasteiger partial charge on any atom is -0.491 e. The molecule has 1 aromatic carbocycles. The molecule has 0 fully saturated rings. The number of rotatable bonds is 11. The van der Waals surface area contributed by atoms with Gasteiger partial charge in [0.2, 0.25) is 0 Å². The lowest BCUT2D eigenvalue weighted by Gasteiger charge is -2.07. The van der Waals surface area contributed by atoms with Crippen LogP contribution in [0.4, 0.5) is 0 Å². The second kappa shape index (κ2) is 10.3. The monoisotopic (exact) mass is 278 g/mol. The van der Waals surface area contributed by atoms with Crippen molar-refractivity contribution in [2.45, 2.75) is 39.0 Å². The summed E-state index contributed by atoms with van der Waals surface area (Å²) in [6, 6.07) is 7.21. The summed E-state index contributed by atoms with van der Waals surface area (Å²) in [5.74, 6) is 0.851. The molecule has 0 aromatic heterocycles. The molecule has 0 atom stereocenters. The number of nitrogens with two attached hydrogens (primary N) is 1. The van der Waals surface area contributed by atoms with Gasteiger partial charge in [-0.15, -0.1) is 0 Å². The van der Waals surface area contributed by atoms with Gasteiger partial charge < -0.3 is 15.2 Å². The molecule has 1 rings (SSSR count). The minimum atomic E-state index is 0.0722. The summed E-state index contributed by atoms with van der Waals surface area (Å²) >= 11 is 0. The molecule has 0 aliphatic rings. The van der Waals surface area contributed by atoms with Crippen LogP contribution in [-0.4, -0.2) is 25.7 Å². The van der Waals surface area contributed by atoms with Gasteiger partial charge in [0.1, 0.15) is 18.2 Å². The van der Waals surface area contributed by atoms with Gasteiger partial charge >= 0.3 is 0 Å². The van der Waals surface area contributed by atoms with Gasteiger partial charge in [-0.05, 0) is 30.7 Å². The van der Waals surface area contributed by atoms with Crippen molar-refractivity contribution in [2.75, 3.05) is 19.8 Å². The Morgan fingerprint density at radius 1 is 1.00 bits per heavy atom. The lowest BCUT2D eigenvalue weighted by Crippen LogP contribution is -2.11. The standard InChI is InChI=1S/C16H26N2O2/c1-2-3-4-5-6-11-19-12-13-20-15-9-7-14(8-10-15)16(17)18/h7-10H,2-6,11-13H2,1H3,(H3,17,18). The van der Waals surface area contributed by atoms with Gasteiger partial charge in [-0.1, -0.05) is 32.6 Å². The van der Waals surface area contributed by atoms with E-state index in [-0.39, 0.29) is 5.84 Å². The van der Waals surface area contributed by atoms with Crippen molar-refractivity contribution in [3.8, 4) is 5.75 Å². The Balaban J connectivity index is 2.02. The van der Waals surface area contributed by atoms with Gasteiger partial charge in [0, 0.05) is 12.2 Å².